The van der Waals surface area contributed by atoms with E-state index in [4.69, 9.17) is 0 Å². The van der Waals surface area contributed by atoms with E-state index in [2.05, 4.69) is 15.4 Å². The van der Waals surface area contributed by atoms with Crippen LogP contribution in [0.3, 0.4) is 0 Å². The number of rotatable bonds is 3. The smallest absolute Gasteiger partial charge is 0.224 e. The van der Waals surface area contributed by atoms with Crippen LogP contribution >= 0.6 is 0 Å². The lowest BCUT2D eigenvalue weighted by Crippen LogP contribution is -2.37. The van der Waals surface area contributed by atoms with Gasteiger partial charge in [0, 0.05) is 28.4 Å². The summed E-state index contributed by atoms with van der Waals surface area (Å²) in [5, 5.41) is 8.40. The van der Waals surface area contributed by atoms with Gasteiger partial charge in [0.05, 0.1) is 23.4 Å². The highest BCUT2D eigenvalue weighted by Gasteiger charge is 2.29. The van der Waals surface area contributed by atoms with E-state index in [0.29, 0.717) is 6.42 Å². The Morgan fingerprint density at radius 1 is 1.31 bits per heavy atom. The van der Waals surface area contributed by atoms with Crippen molar-refractivity contribution in [2.24, 2.45) is 0 Å². The second-order valence-electron chi connectivity index (χ2n) is 6.86. The van der Waals surface area contributed by atoms with Crippen molar-refractivity contribution >= 4 is 32.3 Å². The number of hydrogen-bond donors (Lipinski definition) is 1. The Labute approximate surface area is 151 Å². The van der Waals surface area contributed by atoms with E-state index in [0.717, 1.165) is 33.5 Å². The minimum Gasteiger partial charge on any atom is -0.352 e. The fraction of sp³-hybridized carbons (Fsp3) is 0.389. The van der Waals surface area contributed by atoms with E-state index in [-0.39, 0.29) is 29.9 Å². The summed E-state index contributed by atoms with van der Waals surface area (Å²) in [7, 11) is -3.02. The molecular formula is C18H20N4O3S. The summed E-state index contributed by atoms with van der Waals surface area (Å²) >= 11 is 0. The van der Waals surface area contributed by atoms with Crippen molar-refractivity contribution in [3.05, 3.63) is 41.2 Å². The molecule has 1 atom stereocenters. The zero-order valence-corrected chi connectivity index (χ0v) is 15.5. The largest absolute Gasteiger partial charge is 0.352 e. The standard InChI is InChI=1S/C18H20N4O3S/c1-11-15(9-17(23)20-13-7-8-26(24,25)10-13)12(2)22-18(19-11)14-5-3-4-6-16(14)21-22/h3-6,13H,7-10H2,1-2H3,(H,20,23)/t13-/m1/s1. The van der Waals surface area contributed by atoms with E-state index in [1.54, 1.807) is 4.52 Å². The van der Waals surface area contributed by atoms with Gasteiger partial charge < -0.3 is 5.32 Å². The van der Waals surface area contributed by atoms with Crippen LogP contribution in [0.2, 0.25) is 0 Å². The predicted molar refractivity (Wildman–Crippen MR) is 98.9 cm³/mol. The quantitative estimate of drug-likeness (QED) is 0.749. The third kappa shape index (κ3) is 2.94. The van der Waals surface area contributed by atoms with Gasteiger partial charge in [0.25, 0.3) is 0 Å². The Hall–Kier alpha value is -2.48. The maximum atomic E-state index is 12.4. The first-order valence-corrected chi connectivity index (χ1v) is 10.4. The first kappa shape index (κ1) is 17.0. The molecule has 1 N–H and O–H groups in total. The molecule has 0 saturated carbocycles. The van der Waals surface area contributed by atoms with Gasteiger partial charge in [-0.3, -0.25) is 4.79 Å². The first-order chi connectivity index (χ1) is 12.3. The van der Waals surface area contributed by atoms with Gasteiger partial charge in [0.2, 0.25) is 5.91 Å². The zero-order valence-electron chi connectivity index (χ0n) is 14.7. The number of amides is 1. The molecule has 26 heavy (non-hydrogen) atoms. The Kier molecular flexibility index (Phi) is 3.95. The van der Waals surface area contributed by atoms with Crippen LogP contribution in [0.1, 0.15) is 23.4 Å². The van der Waals surface area contributed by atoms with E-state index < -0.39 is 9.84 Å². The van der Waals surface area contributed by atoms with Crippen molar-refractivity contribution in [1.29, 1.82) is 0 Å². The lowest BCUT2D eigenvalue weighted by molar-refractivity contribution is -0.121. The normalized spacial score (nSPS) is 19.2. The van der Waals surface area contributed by atoms with Gasteiger partial charge in [0.1, 0.15) is 0 Å². The maximum Gasteiger partial charge on any atom is 0.224 e. The summed E-state index contributed by atoms with van der Waals surface area (Å²) < 4.78 is 24.9. The highest BCUT2D eigenvalue weighted by atomic mass is 32.2. The Morgan fingerprint density at radius 2 is 2.08 bits per heavy atom. The minimum atomic E-state index is -3.02. The Bertz CT molecular complexity index is 1130. The molecular weight excluding hydrogens is 352 g/mol. The monoisotopic (exact) mass is 372 g/mol. The molecule has 1 fully saturated rings. The Balaban J connectivity index is 1.64. The molecule has 4 rings (SSSR count). The molecule has 0 spiro atoms. The van der Waals surface area contributed by atoms with Crippen LogP contribution in [0.25, 0.3) is 16.6 Å². The molecule has 1 saturated heterocycles. The van der Waals surface area contributed by atoms with E-state index in [1.807, 2.05) is 38.1 Å². The van der Waals surface area contributed by atoms with Gasteiger partial charge >= 0.3 is 0 Å². The molecule has 0 unspecified atom stereocenters. The van der Waals surface area contributed by atoms with Crippen LogP contribution in [0, 0.1) is 13.8 Å². The third-order valence-corrected chi connectivity index (χ3v) is 6.72. The first-order valence-electron chi connectivity index (χ1n) is 8.57. The van der Waals surface area contributed by atoms with Crippen LogP contribution in [0.15, 0.2) is 24.3 Å². The van der Waals surface area contributed by atoms with Gasteiger partial charge in [-0.1, -0.05) is 12.1 Å². The number of hydrogen-bond acceptors (Lipinski definition) is 5. The van der Waals surface area contributed by atoms with Gasteiger partial charge in [0.15, 0.2) is 15.5 Å². The van der Waals surface area contributed by atoms with Crippen molar-refractivity contribution in [3.63, 3.8) is 0 Å². The van der Waals surface area contributed by atoms with Crippen molar-refractivity contribution in [2.75, 3.05) is 11.5 Å². The SMILES string of the molecule is Cc1nc2c3ccccc3nn2c(C)c1CC(=O)N[C@@H]1CCS(=O)(=O)C1. The maximum absolute atomic E-state index is 12.4. The van der Waals surface area contributed by atoms with Gasteiger partial charge in [-0.2, -0.15) is 5.10 Å². The van der Waals surface area contributed by atoms with Gasteiger partial charge in [-0.25, -0.2) is 17.9 Å². The number of carbonyl (C=O) groups is 1. The van der Waals surface area contributed by atoms with Crippen LogP contribution in [0.5, 0.6) is 0 Å². The number of nitrogens with one attached hydrogen (secondary N) is 1. The molecule has 3 aromatic rings. The molecule has 136 valence electrons. The zero-order chi connectivity index (χ0) is 18.5. The molecule has 0 aliphatic carbocycles. The van der Waals surface area contributed by atoms with E-state index in [9.17, 15) is 13.2 Å². The van der Waals surface area contributed by atoms with E-state index >= 15 is 0 Å². The summed E-state index contributed by atoms with van der Waals surface area (Å²) in [6.07, 6.45) is 0.640. The van der Waals surface area contributed by atoms with Crippen molar-refractivity contribution in [1.82, 2.24) is 19.9 Å². The number of aromatic nitrogens is 3. The van der Waals surface area contributed by atoms with Gasteiger partial charge in [-0.15, -0.1) is 0 Å². The summed E-state index contributed by atoms with van der Waals surface area (Å²) in [5.74, 6) is -0.0155. The molecule has 1 amide bonds. The number of benzene rings is 1. The summed E-state index contributed by atoms with van der Waals surface area (Å²) in [4.78, 5) is 17.1. The van der Waals surface area contributed by atoms with Gasteiger partial charge in [-0.05, 0) is 32.4 Å². The van der Waals surface area contributed by atoms with Crippen molar-refractivity contribution in [3.8, 4) is 0 Å². The number of fused-ring (bicyclic) bond motifs is 3. The topological polar surface area (TPSA) is 93.4 Å². The third-order valence-electron chi connectivity index (χ3n) is 4.95. The summed E-state index contributed by atoms with van der Waals surface area (Å²) in [6, 6.07) is 7.51. The molecule has 7 nitrogen and oxygen atoms in total. The summed E-state index contributed by atoms with van der Waals surface area (Å²) in [6.45, 7) is 3.81. The fourth-order valence-electron chi connectivity index (χ4n) is 3.58. The molecule has 1 aromatic carbocycles. The summed E-state index contributed by atoms with van der Waals surface area (Å²) in [5.41, 5.74) is 4.12. The average Bonchev–Trinajstić information content (AvgIpc) is 3.11. The molecule has 2 aromatic heterocycles. The molecule has 0 radical (unpaired) electrons. The molecule has 1 aliphatic rings. The number of sulfone groups is 1. The molecule has 3 heterocycles. The van der Waals surface area contributed by atoms with Crippen molar-refractivity contribution in [2.45, 2.75) is 32.7 Å². The van der Waals surface area contributed by atoms with Crippen LogP contribution < -0.4 is 5.32 Å². The number of aryl methyl sites for hydroxylation is 2. The Morgan fingerprint density at radius 3 is 2.81 bits per heavy atom. The molecule has 8 heteroatoms. The fourth-order valence-corrected chi connectivity index (χ4v) is 5.25. The number of nitrogens with zero attached hydrogens (tertiary/aromatic N) is 3. The number of carbonyl (C=O) groups excluding carboxylic acids is 1. The molecule has 1 aliphatic heterocycles. The predicted octanol–water partition coefficient (Wildman–Crippen LogP) is 1.35. The second kappa shape index (κ2) is 6.05. The van der Waals surface area contributed by atoms with Crippen LogP contribution in [-0.4, -0.2) is 46.5 Å². The van der Waals surface area contributed by atoms with E-state index in [1.165, 1.54) is 0 Å². The van der Waals surface area contributed by atoms with Crippen LogP contribution in [0.4, 0.5) is 0 Å². The van der Waals surface area contributed by atoms with Crippen LogP contribution in [-0.2, 0) is 21.1 Å². The lowest BCUT2D eigenvalue weighted by atomic mass is 10.1. The highest BCUT2D eigenvalue weighted by molar-refractivity contribution is 7.91. The molecule has 0 bridgehead atoms. The second-order valence-corrected chi connectivity index (χ2v) is 9.09. The minimum absolute atomic E-state index is 0.0263. The highest BCUT2D eigenvalue weighted by Crippen LogP contribution is 2.22. The van der Waals surface area contributed by atoms with Crippen molar-refractivity contribution < 1.29 is 13.2 Å². The average molecular weight is 372 g/mol. The lowest BCUT2D eigenvalue weighted by Gasteiger charge is -2.14.